The molecule has 0 fully saturated rings. The van der Waals surface area contributed by atoms with E-state index in [-0.39, 0.29) is 37.3 Å². The molecular formula is C27H30Cl2N2O5. The number of pyridine rings is 1. The van der Waals surface area contributed by atoms with Crippen molar-refractivity contribution in [1.29, 1.82) is 0 Å². The topological polar surface area (TPSA) is 78.0 Å². The SMILES string of the molecule is C=CCOc1cc(N(Cc2cnccc2C)C(=O)C2=C(C(=O)OCCOC)CCCC2)c(Cl)cc1Cl. The predicted octanol–water partition coefficient (Wildman–Crippen LogP) is 5.86. The maximum absolute atomic E-state index is 14.1. The minimum absolute atomic E-state index is 0.117. The normalized spacial score (nSPS) is 13.3. The van der Waals surface area contributed by atoms with Crippen molar-refractivity contribution < 1.29 is 23.8 Å². The van der Waals surface area contributed by atoms with Crippen molar-refractivity contribution >= 4 is 40.8 Å². The van der Waals surface area contributed by atoms with E-state index in [0.29, 0.717) is 40.4 Å². The van der Waals surface area contributed by atoms with Crippen LogP contribution < -0.4 is 9.64 Å². The molecule has 1 aromatic heterocycles. The van der Waals surface area contributed by atoms with E-state index in [2.05, 4.69) is 11.6 Å². The highest BCUT2D eigenvalue weighted by atomic mass is 35.5. The van der Waals surface area contributed by atoms with Gasteiger partial charge in [-0.1, -0.05) is 35.9 Å². The molecule has 7 nitrogen and oxygen atoms in total. The number of anilines is 1. The van der Waals surface area contributed by atoms with Crippen LogP contribution in [-0.4, -0.2) is 43.8 Å². The minimum atomic E-state index is -0.496. The molecule has 1 heterocycles. The number of ether oxygens (including phenoxy) is 3. The summed E-state index contributed by atoms with van der Waals surface area (Å²) >= 11 is 13.0. The minimum Gasteiger partial charge on any atom is -0.488 e. The van der Waals surface area contributed by atoms with Crippen LogP contribution in [0.3, 0.4) is 0 Å². The zero-order chi connectivity index (χ0) is 26.1. The summed E-state index contributed by atoms with van der Waals surface area (Å²) in [7, 11) is 1.53. The van der Waals surface area contributed by atoms with Crippen LogP contribution in [0, 0.1) is 6.92 Å². The number of amides is 1. The molecule has 1 aliphatic carbocycles. The number of rotatable bonds is 11. The Morgan fingerprint density at radius 2 is 1.89 bits per heavy atom. The van der Waals surface area contributed by atoms with Gasteiger partial charge in [0.05, 0.1) is 28.9 Å². The van der Waals surface area contributed by atoms with Gasteiger partial charge in [0.15, 0.2) is 0 Å². The fourth-order valence-corrected chi connectivity index (χ4v) is 4.46. The Morgan fingerprint density at radius 1 is 1.14 bits per heavy atom. The fourth-order valence-electron chi connectivity index (χ4n) is 3.92. The summed E-state index contributed by atoms with van der Waals surface area (Å²) in [5, 5.41) is 0.594. The first-order valence-electron chi connectivity index (χ1n) is 11.7. The maximum Gasteiger partial charge on any atom is 0.334 e. The second kappa shape index (κ2) is 13.4. The summed E-state index contributed by atoms with van der Waals surface area (Å²) in [6.07, 6.45) is 7.52. The number of esters is 1. The molecule has 9 heteroatoms. The van der Waals surface area contributed by atoms with Gasteiger partial charge in [0, 0.05) is 36.7 Å². The lowest BCUT2D eigenvalue weighted by molar-refractivity contribution is -0.140. The van der Waals surface area contributed by atoms with E-state index < -0.39 is 5.97 Å². The van der Waals surface area contributed by atoms with Crippen molar-refractivity contribution in [1.82, 2.24) is 4.98 Å². The lowest BCUT2D eigenvalue weighted by atomic mass is 9.90. The summed E-state index contributed by atoms with van der Waals surface area (Å²) in [4.78, 5) is 32.7. The molecule has 0 N–H and O–H groups in total. The number of halogens is 2. The fraction of sp³-hybridized carbons (Fsp3) is 0.370. The number of methoxy groups -OCH3 is 1. The lowest BCUT2D eigenvalue weighted by Crippen LogP contribution is -2.34. The van der Waals surface area contributed by atoms with E-state index in [1.54, 1.807) is 35.5 Å². The van der Waals surface area contributed by atoms with Gasteiger partial charge < -0.3 is 19.1 Å². The number of aryl methyl sites for hydroxylation is 1. The molecule has 3 rings (SSSR count). The predicted molar refractivity (Wildman–Crippen MR) is 141 cm³/mol. The van der Waals surface area contributed by atoms with Gasteiger partial charge in [0.1, 0.15) is 19.0 Å². The Bertz CT molecular complexity index is 1150. The van der Waals surface area contributed by atoms with E-state index >= 15 is 0 Å². The molecule has 36 heavy (non-hydrogen) atoms. The van der Waals surface area contributed by atoms with E-state index in [0.717, 1.165) is 24.0 Å². The Labute approximate surface area is 221 Å². The van der Waals surface area contributed by atoms with Crippen molar-refractivity contribution in [2.24, 2.45) is 0 Å². The molecule has 0 aliphatic heterocycles. The number of hydrogen-bond acceptors (Lipinski definition) is 6. The zero-order valence-corrected chi connectivity index (χ0v) is 22.0. The molecule has 0 bridgehead atoms. The first-order chi connectivity index (χ1) is 17.4. The standard InChI is InChI=1S/C27H30Cl2N2O5/c1-4-11-35-25-15-24(22(28)14-23(25)29)31(17-19-16-30-10-9-18(19)2)26(32)20-7-5-6-8-21(20)27(33)36-13-12-34-3/h4,9-10,14-16H,1,5-8,11-13,17H2,2-3H3. The highest BCUT2D eigenvalue weighted by Gasteiger charge is 2.30. The third kappa shape index (κ3) is 6.87. The second-order valence-electron chi connectivity index (χ2n) is 8.32. The number of carbonyl (C=O) groups is 2. The quantitative estimate of drug-likeness (QED) is 0.205. The highest BCUT2D eigenvalue weighted by Crippen LogP contribution is 2.39. The molecule has 1 amide bonds. The van der Waals surface area contributed by atoms with E-state index in [9.17, 15) is 9.59 Å². The molecule has 1 aromatic carbocycles. The number of aromatic nitrogens is 1. The maximum atomic E-state index is 14.1. The highest BCUT2D eigenvalue weighted by molar-refractivity contribution is 6.37. The van der Waals surface area contributed by atoms with Crippen LogP contribution >= 0.6 is 23.2 Å². The van der Waals surface area contributed by atoms with Crippen molar-refractivity contribution in [2.75, 3.05) is 31.8 Å². The molecule has 0 saturated heterocycles. The first kappa shape index (κ1) is 27.7. The molecule has 192 valence electrons. The van der Waals surface area contributed by atoms with Gasteiger partial charge in [-0.3, -0.25) is 9.78 Å². The van der Waals surface area contributed by atoms with Crippen LogP contribution in [-0.2, 0) is 25.6 Å². The van der Waals surface area contributed by atoms with Gasteiger partial charge in [0.25, 0.3) is 5.91 Å². The monoisotopic (exact) mass is 532 g/mol. The van der Waals surface area contributed by atoms with Crippen molar-refractivity contribution in [3.63, 3.8) is 0 Å². The summed E-state index contributed by atoms with van der Waals surface area (Å²) in [6.45, 7) is 6.43. The first-order valence-corrected chi connectivity index (χ1v) is 12.4. The molecule has 0 radical (unpaired) electrons. The average molecular weight is 533 g/mol. The van der Waals surface area contributed by atoms with Gasteiger partial charge in [-0.25, -0.2) is 4.79 Å². The number of hydrogen-bond donors (Lipinski definition) is 0. The van der Waals surface area contributed by atoms with Gasteiger partial charge in [-0.2, -0.15) is 0 Å². The molecule has 2 aromatic rings. The van der Waals surface area contributed by atoms with Gasteiger partial charge in [-0.15, -0.1) is 0 Å². The van der Waals surface area contributed by atoms with Crippen LogP contribution in [0.15, 0.2) is 54.4 Å². The van der Waals surface area contributed by atoms with Crippen LogP contribution in [0.2, 0.25) is 10.0 Å². The summed E-state index contributed by atoms with van der Waals surface area (Å²) in [5.41, 5.74) is 3.03. The molecule has 0 spiro atoms. The molecule has 0 unspecified atom stereocenters. The Hall–Kier alpha value is -2.87. The smallest absolute Gasteiger partial charge is 0.334 e. The lowest BCUT2D eigenvalue weighted by Gasteiger charge is -2.29. The van der Waals surface area contributed by atoms with Gasteiger partial charge in [0.2, 0.25) is 0 Å². The molecular weight excluding hydrogens is 503 g/mol. The second-order valence-corrected chi connectivity index (χ2v) is 9.13. The van der Waals surface area contributed by atoms with Crippen molar-refractivity contribution in [3.05, 3.63) is 75.6 Å². The van der Waals surface area contributed by atoms with Crippen LogP contribution in [0.5, 0.6) is 5.75 Å². The Kier molecular flexibility index (Phi) is 10.3. The third-order valence-electron chi connectivity index (χ3n) is 5.86. The number of nitrogens with zero attached hydrogens (tertiary/aromatic N) is 2. The Balaban J connectivity index is 2.08. The largest absolute Gasteiger partial charge is 0.488 e. The van der Waals surface area contributed by atoms with Crippen molar-refractivity contribution in [3.8, 4) is 5.75 Å². The van der Waals surface area contributed by atoms with Crippen molar-refractivity contribution in [2.45, 2.75) is 39.2 Å². The zero-order valence-electron chi connectivity index (χ0n) is 20.5. The number of carbonyl (C=O) groups excluding carboxylic acids is 2. The van der Waals surface area contributed by atoms with Gasteiger partial charge in [-0.05, 0) is 55.9 Å². The van der Waals surface area contributed by atoms with E-state index in [1.165, 1.54) is 7.11 Å². The van der Waals surface area contributed by atoms with E-state index in [1.807, 2.05) is 13.0 Å². The Morgan fingerprint density at radius 3 is 2.58 bits per heavy atom. The number of benzene rings is 1. The van der Waals surface area contributed by atoms with E-state index in [4.69, 9.17) is 37.4 Å². The van der Waals surface area contributed by atoms with Gasteiger partial charge >= 0.3 is 5.97 Å². The summed E-state index contributed by atoms with van der Waals surface area (Å²) < 4.78 is 16.0. The summed E-state index contributed by atoms with van der Waals surface area (Å²) in [6, 6.07) is 5.05. The molecule has 0 atom stereocenters. The third-order valence-corrected chi connectivity index (χ3v) is 6.46. The molecule has 1 aliphatic rings. The molecule has 0 saturated carbocycles. The van der Waals surface area contributed by atoms with Crippen LogP contribution in [0.4, 0.5) is 5.69 Å². The van der Waals surface area contributed by atoms with Crippen LogP contribution in [0.25, 0.3) is 0 Å². The van der Waals surface area contributed by atoms with Crippen LogP contribution in [0.1, 0.15) is 36.8 Å². The average Bonchev–Trinajstić information content (AvgIpc) is 2.88. The summed E-state index contributed by atoms with van der Waals surface area (Å²) in [5.74, 6) is -0.450.